The second-order valence-electron chi connectivity index (χ2n) is 9.38. The lowest BCUT2D eigenvalue weighted by Crippen LogP contribution is -2.21. The van der Waals surface area contributed by atoms with E-state index in [-0.39, 0.29) is 11.3 Å². The molecule has 8 heteroatoms. The third-order valence-electron chi connectivity index (χ3n) is 6.51. The van der Waals surface area contributed by atoms with Crippen molar-refractivity contribution in [3.05, 3.63) is 89.3 Å². The van der Waals surface area contributed by atoms with Crippen LogP contribution in [0.4, 0.5) is 15.8 Å². The molecule has 0 spiro atoms. The van der Waals surface area contributed by atoms with Crippen LogP contribution in [0.2, 0.25) is 5.02 Å². The van der Waals surface area contributed by atoms with Crippen LogP contribution in [0.3, 0.4) is 0 Å². The molecule has 0 aliphatic carbocycles. The summed E-state index contributed by atoms with van der Waals surface area (Å²) in [4.78, 5) is 17.3. The number of hydrogen-bond donors (Lipinski definition) is 1. The number of nitrogens with zero attached hydrogens (tertiary/aromatic N) is 2. The maximum absolute atomic E-state index is 14.7. The molecule has 0 bridgehead atoms. The van der Waals surface area contributed by atoms with Crippen molar-refractivity contribution in [1.82, 2.24) is 4.98 Å². The molecule has 1 aliphatic heterocycles. The Bertz CT molecular complexity index is 1470. The van der Waals surface area contributed by atoms with E-state index in [1.54, 1.807) is 24.4 Å². The van der Waals surface area contributed by atoms with Crippen LogP contribution in [-0.4, -0.2) is 27.4 Å². The minimum atomic E-state index is -1.23. The Labute approximate surface area is 237 Å². The molecule has 1 N–H and O–H groups in total. The Morgan fingerprint density at radius 3 is 2.51 bits per heavy atom. The number of anilines is 2. The fraction of sp³-hybridized carbons (Fsp3) is 0.290. The van der Waals surface area contributed by atoms with E-state index in [2.05, 4.69) is 24.1 Å². The molecular weight excluding hydrogens is 533 g/mol. The summed E-state index contributed by atoms with van der Waals surface area (Å²) >= 11 is 6.47. The first-order chi connectivity index (χ1) is 18.9. The van der Waals surface area contributed by atoms with Crippen LogP contribution in [0.5, 0.6) is 0 Å². The number of halogens is 2. The van der Waals surface area contributed by atoms with Crippen molar-refractivity contribution in [3.8, 4) is 11.3 Å². The van der Waals surface area contributed by atoms with E-state index in [0.29, 0.717) is 34.3 Å². The quantitative estimate of drug-likeness (QED) is 0.229. The number of pyridine rings is 1. The topological polar surface area (TPSA) is 62.3 Å². The lowest BCUT2D eigenvalue weighted by Gasteiger charge is -2.17. The van der Waals surface area contributed by atoms with Gasteiger partial charge in [0.15, 0.2) is 0 Å². The molecule has 5 rings (SSSR count). The van der Waals surface area contributed by atoms with Gasteiger partial charge in [0.25, 0.3) is 5.91 Å². The van der Waals surface area contributed by atoms with Gasteiger partial charge in [0.1, 0.15) is 16.8 Å². The summed E-state index contributed by atoms with van der Waals surface area (Å²) in [5.41, 5.74) is 2.32. The summed E-state index contributed by atoms with van der Waals surface area (Å²) in [6.07, 6.45) is 8.00. The molecule has 5 nitrogen and oxygen atoms in total. The van der Waals surface area contributed by atoms with E-state index in [1.165, 1.54) is 48.2 Å². The first-order valence-electron chi connectivity index (χ1n) is 13.3. The van der Waals surface area contributed by atoms with Gasteiger partial charge >= 0.3 is 0 Å². The molecule has 2 heterocycles. The van der Waals surface area contributed by atoms with Crippen molar-refractivity contribution >= 4 is 50.6 Å². The third-order valence-corrected chi connectivity index (χ3v) is 8.35. The van der Waals surface area contributed by atoms with Gasteiger partial charge in [-0.15, -0.1) is 0 Å². The third kappa shape index (κ3) is 7.02. The van der Waals surface area contributed by atoms with Gasteiger partial charge in [-0.1, -0.05) is 75.4 Å². The summed E-state index contributed by atoms with van der Waals surface area (Å²) in [6, 6.07) is 19.1. The Kier molecular flexibility index (Phi) is 10.1. The largest absolute Gasteiger partial charge is 0.322 e. The molecule has 0 radical (unpaired) electrons. The van der Waals surface area contributed by atoms with Gasteiger partial charge in [0.05, 0.1) is 16.4 Å². The molecule has 1 unspecified atom stereocenters. The minimum Gasteiger partial charge on any atom is -0.322 e. The minimum absolute atomic E-state index is 0.168. The maximum atomic E-state index is 14.7. The number of aromatic nitrogens is 1. The first-order valence-corrected chi connectivity index (χ1v) is 15.0. The summed E-state index contributed by atoms with van der Waals surface area (Å²) in [5.74, 6) is -0.511. The highest BCUT2D eigenvalue weighted by molar-refractivity contribution is 7.86. The number of amides is 1. The number of benzene rings is 3. The van der Waals surface area contributed by atoms with E-state index in [0.717, 1.165) is 17.2 Å². The molecule has 4 aromatic rings. The lowest BCUT2D eigenvalue weighted by molar-refractivity contribution is 0.102. The number of hydrogen-bond acceptors (Lipinski definition) is 3. The summed E-state index contributed by atoms with van der Waals surface area (Å²) in [7, 11) is -1.23. The predicted octanol–water partition coefficient (Wildman–Crippen LogP) is 8.41. The van der Waals surface area contributed by atoms with E-state index >= 15 is 0 Å². The predicted molar refractivity (Wildman–Crippen MR) is 161 cm³/mol. The molecule has 1 atom stereocenters. The fourth-order valence-corrected chi connectivity index (χ4v) is 5.95. The number of carbonyl (C=O) groups is 1. The van der Waals surface area contributed by atoms with Gasteiger partial charge in [-0.05, 0) is 54.3 Å². The van der Waals surface area contributed by atoms with E-state index in [4.69, 9.17) is 11.6 Å². The highest BCUT2D eigenvalue weighted by atomic mass is 35.5. The molecule has 204 valence electrons. The van der Waals surface area contributed by atoms with E-state index in [9.17, 15) is 13.4 Å². The Morgan fingerprint density at radius 2 is 1.82 bits per heavy atom. The molecule has 1 aliphatic rings. The van der Waals surface area contributed by atoms with E-state index in [1.807, 2.05) is 30.3 Å². The standard InChI is InChI=1S/C25H19ClFN3O2S.C6H14/c26-21-8-7-18(15-20(21)24-19-5-2-1-4-16(19)10-11-28-24)29-25(31)17-6-9-23(22(27)14-17)30-12-3-13-33(30)32;1-3-5-6-4-2/h1-2,4-11,14-15H,3,12-13H2,(H,29,31);3-6H2,1-2H3. The van der Waals surface area contributed by atoms with Crippen LogP contribution < -0.4 is 9.62 Å². The Hall–Kier alpha value is -3.29. The number of carbonyl (C=O) groups excluding carboxylic acids is 1. The average molecular weight is 566 g/mol. The second-order valence-corrected chi connectivity index (χ2v) is 11.3. The lowest BCUT2D eigenvalue weighted by atomic mass is 10.0. The first kappa shape index (κ1) is 28.7. The van der Waals surface area contributed by atoms with Crippen LogP contribution >= 0.6 is 11.6 Å². The molecular formula is C31H33ClFN3O2S. The molecule has 1 aromatic heterocycles. The van der Waals surface area contributed by atoms with Crippen LogP contribution in [0, 0.1) is 5.82 Å². The molecule has 1 amide bonds. The Morgan fingerprint density at radius 1 is 1.05 bits per heavy atom. The van der Waals surface area contributed by atoms with E-state index < -0.39 is 22.7 Å². The summed E-state index contributed by atoms with van der Waals surface area (Å²) < 4.78 is 28.2. The number of rotatable bonds is 7. The van der Waals surface area contributed by atoms with Gasteiger partial charge in [-0.2, -0.15) is 0 Å². The summed E-state index contributed by atoms with van der Waals surface area (Å²) in [6.45, 7) is 5.00. The van der Waals surface area contributed by atoms with Crippen molar-refractivity contribution in [2.24, 2.45) is 0 Å². The van der Waals surface area contributed by atoms with Crippen molar-refractivity contribution in [1.29, 1.82) is 0 Å². The second kappa shape index (κ2) is 13.7. The van der Waals surface area contributed by atoms with Crippen molar-refractivity contribution in [2.75, 3.05) is 21.9 Å². The monoisotopic (exact) mass is 565 g/mol. The van der Waals surface area contributed by atoms with Gasteiger partial charge < -0.3 is 5.32 Å². The SMILES string of the molecule is CCCCCC.O=C(Nc1ccc(Cl)c(-c2nccc3ccccc23)c1)c1ccc(N2CCCS2=O)c(F)c1. The van der Waals surface area contributed by atoms with Crippen LogP contribution in [-0.2, 0) is 11.0 Å². The van der Waals surface area contributed by atoms with Crippen LogP contribution in [0.25, 0.3) is 22.0 Å². The summed E-state index contributed by atoms with van der Waals surface area (Å²) in [5, 5.41) is 5.29. The van der Waals surface area contributed by atoms with Gasteiger partial charge in [-0.3, -0.25) is 14.1 Å². The molecule has 0 saturated carbocycles. The van der Waals surface area contributed by atoms with Gasteiger partial charge in [-0.25, -0.2) is 8.60 Å². The van der Waals surface area contributed by atoms with Gasteiger partial charge in [0.2, 0.25) is 0 Å². The maximum Gasteiger partial charge on any atom is 0.255 e. The zero-order chi connectivity index (χ0) is 27.8. The smallest absolute Gasteiger partial charge is 0.255 e. The average Bonchev–Trinajstić information content (AvgIpc) is 3.38. The zero-order valence-electron chi connectivity index (χ0n) is 22.3. The molecule has 1 saturated heterocycles. The number of fused-ring (bicyclic) bond motifs is 1. The fourth-order valence-electron chi connectivity index (χ4n) is 4.45. The molecule has 39 heavy (non-hydrogen) atoms. The van der Waals surface area contributed by atoms with Crippen LogP contribution in [0.15, 0.2) is 72.9 Å². The Balaban J connectivity index is 0.000000531. The molecule has 1 fully saturated rings. The van der Waals surface area contributed by atoms with Crippen molar-refractivity contribution in [3.63, 3.8) is 0 Å². The normalized spacial score (nSPS) is 14.7. The highest BCUT2D eigenvalue weighted by Crippen LogP contribution is 2.34. The zero-order valence-corrected chi connectivity index (χ0v) is 23.8. The van der Waals surface area contributed by atoms with Crippen molar-refractivity contribution in [2.45, 2.75) is 46.0 Å². The van der Waals surface area contributed by atoms with Crippen LogP contribution in [0.1, 0.15) is 56.3 Å². The molecule has 3 aromatic carbocycles. The van der Waals surface area contributed by atoms with Gasteiger partial charge in [0, 0.05) is 40.7 Å². The number of unbranched alkanes of at least 4 members (excludes halogenated alkanes) is 3. The highest BCUT2D eigenvalue weighted by Gasteiger charge is 2.24. The van der Waals surface area contributed by atoms with Crippen molar-refractivity contribution < 1.29 is 13.4 Å². The number of nitrogens with one attached hydrogen (secondary N) is 1.